The van der Waals surface area contributed by atoms with Crippen LogP contribution in [0, 0.1) is 5.92 Å². The molecular formula is C37H51N3O13Si. The fourth-order valence-corrected chi connectivity index (χ4v) is 10.6. The van der Waals surface area contributed by atoms with Crippen LogP contribution in [0.25, 0.3) is 0 Å². The van der Waals surface area contributed by atoms with Gasteiger partial charge in [-0.3, -0.25) is 19.2 Å². The summed E-state index contributed by atoms with van der Waals surface area (Å²) in [5.41, 5.74) is -0.508. The number of nitrogens with one attached hydrogen (secondary N) is 1. The van der Waals surface area contributed by atoms with Crippen LogP contribution in [0.1, 0.15) is 43.7 Å². The second-order valence-corrected chi connectivity index (χ2v) is 18.7. The highest BCUT2D eigenvalue weighted by Gasteiger charge is 2.66. The molecule has 0 saturated carbocycles. The van der Waals surface area contributed by atoms with Crippen LogP contribution < -0.4 is 10.2 Å². The van der Waals surface area contributed by atoms with E-state index in [2.05, 4.69) is 5.32 Å². The van der Waals surface area contributed by atoms with Crippen LogP contribution in [0.3, 0.4) is 0 Å². The number of aliphatic hydroxyl groups excluding tert-OH is 5. The van der Waals surface area contributed by atoms with E-state index < -0.39 is 74.0 Å². The number of esters is 1. The molecular weight excluding hydrogens is 723 g/mol. The molecule has 0 aromatic heterocycles. The molecule has 3 aliphatic rings. The molecule has 0 aliphatic carbocycles. The van der Waals surface area contributed by atoms with Crippen molar-refractivity contribution in [3.63, 3.8) is 0 Å². The molecule has 2 saturated heterocycles. The summed E-state index contributed by atoms with van der Waals surface area (Å²) in [6.07, 6.45) is -9.36. The van der Waals surface area contributed by atoms with Gasteiger partial charge in [0.25, 0.3) is 11.8 Å². The number of benzene rings is 2. The molecule has 54 heavy (non-hydrogen) atoms. The van der Waals surface area contributed by atoms with Gasteiger partial charge < -0.3 is 59.7 Å². The molecule has 3 heterocycles. The molecule has 3 aliphatic heterocycles. The maximum Gasteiger partial charge on any atom is 0.305 e. The number of hydrogen-bond acceptors (Lipinski definition) is 13. The molecule has 7 N–H and O–H groups in total. The van der Waals surface area contributed by atoms with Crippen molar-refractivity contribution in [2.24, 2.45) is 5.92 Å². The molecule has 5 rings (SSSR count). The first-order valence-electron chi connectivity index (χ1n) is 18.1. The first-order valence-corrected chi connectivity index (χ1v) is 21.1. The number of nitrogens with zero attached hydrogens (tertiary/aromatic N) is 2. The summed E-state index contributed by atoms with van der Waals surface area (Å²) < 4.78 is 16.7. The van der Waals surface area contributed by atoms with Crippen molar-refractivity contribution < 1.29 is 63.7 Å². The van der Waals surface area contributed by atoms with Crippen LogP contribution in [-0.2, 0) is 45.5 Å². The first-order chi connectivity index (χ1) is 25.5. The highest BCUT2D eigenvalue weighted by Crippen LogP contribution is 2.60. The third-order valence-electron chi connectivity index (χ3n) is 10.7. The Kier molecular flexibility index (Phi) is 13.0. The summed E-state index contributed by atoms with van der Waals surface area (Å²) in [6, 6.07) is 13.9. The standard InChI is InChI=1S/C37H51N3O13Si/c1-21-33(54(3,4)50)26(19-27(42)39(16-17-41)20-22-10-6-5-7-11-22)53-37(21)24-18-23(38-34(47)32-30(45)29(44)31(46)35(48)52-32)13-14-25(24)40(36(37)49)15-9-8-12-28(43)51-2/h5-7,10-11,13-14,18,21,26,29-33,35,41,44-46,48,50H,8-9,12,15-17,19-20H2,1-4H3,(H,38,47)/t21-,26+,29+,30+,31-,32+,33-,35-,37+/m1/s1. The lowest BCUT2D eigenvalue weighted by atomic mass is 9.82. The fraction of sp³-hybridized carbons (Fsp3) is 0.568. The van der Waals surface area contributed by atoms with Gasteiger partial charge in [-0.25, -0.2) is 0 Å². The number of carbonyl (C=O) groups is 4. The van der Waals surface area contributed by atoms with Crippen LogP contribution in [0.15, 0.2) is 48.5 Å². The third-order valence-corrected chi connectivity index (χ3v) is 13.2. The van der Waals surface area contributed by atoms with E-state index in [0.29, 0.717) is 24.1 Å². The largest absolute Gasteiger partial charge is 0.469 e. The van der Waals surface area contributed by atoms with Crippen LogP contribution in [-0.4, -0.2) is 131 Å². The highest BCUT2D eigenvalue weighted by molar-refractivity contribution is 6.71. The minimum atomic E-state index is -3.20. The van der Waals surface area contributed by atoms with Gasteiger partial charge >= 0.3 is 5.97 Å². The monoisotopic (exact) mass is 773 g/mol. The second-order valence-electron chi connectivity index (χ2n) is 14.7. The molecule has 1 spiro atoms. The molecule has 17 heteroatoms. The number of hydrogen-bond donors (Lipinski definition) is 7. The Balaban J connectivity index is 1.49. The smallest absolute Gasteiger partial charge is 0.305 e. The Morgan fingerprint density at radius 3 is 2.37 bits per heavy atom. The molecule has 0 unspecified atom stereocenters. The number of fused-ring (bicyclic) bond motifs is 2. The minimum Gasteiger partial charge on any atom is -0.469 e. The van der Waals surface area contributed by atoms with Gasteiger partial charge in [-0.2, -0.15) is 0 Å². The lowest BCUT2D eigenvalue weighted by Gasteiger charge is -2.37. The van der Waals surface area contributed by atoms with E-state index in [1.807, 2.05) is 30.3 Å². The van der Waals surface area contributed by atoms with Crippen LogP contribution >= 0.6 is 0 Å². The molecule has 296 valence electrons. The summed E-state index contributed by atoms with van der Waals surface area (Å²) in [5, 5.41) is 52.9. The van der Waals surface area contributed by atoms with Gasteiger partial charge in [0.15, 0.2) is 26.3 Å². The van der Waals surface area contributed by atoms with Crippen molar-refractivity contribution >= 4 is 43.4 Å². The zero-order valence-electron chi connectivity index (χ0n) is 30.8. The van der Waals surface area contributed by atoms with E-state index >= 15 is 0 Å². The average molecular weight is 774 g/mol. The number of amides is 3. The van der Waals surface area contributed by atoms with Crippen molar-refractivity contribution in [1.29, 1.82) is 0 Å². The van der Waals surface area contributed by atoms with Crippen molar-refractivity contribution in [3.8, 4) is 0 Å². The molecule has 2 fully saturated rings. The number of aliphatic hydroxyl groups is 5. The maximum absolute atomic E-state index is 14.8. The van der Waals surface area contributed by atoms with Crippen molar-refractivity contribution in [2.75, 3.05) is 37.0 Å². The SMILES string of the molecule is COC(=O)CCCCN1C(=O)[C@@]2(O[C@@H](CC(=O)N(CCO)Cc3ccccc3)[C@H]([Si](C)(C)O)[C@H]2C)c2cc(NC(=O)[C@H]3O[C@@H](O)[C@H](O)[C@@H](O)[C@@H]3O)ccc21. The third kappa shape index (κ3) is 8.24. The van der Waals surface area contributed by atoms with E-state index in [0.717, 1.165) is 5.56 Å². The van der Waals surface area contributed by atoms with Crippen molar-refractivity contribution in [2.45, 2.75) is 100 Å². The zero-order valence-corrected chi connectivity index (χ0v) is 31.8. The van der Waals surface area contributed by atoms with Gasteiger partial charge in [-0.05, 0) is 49.7 Å². The normalized spacial score (nSPS) is 29.3. The van der Waals surface area contributed by atoms with Gasteiger partial charge in [0.05, 0.1) is 31.9 Å². The number of unbranched alkanes of at least 4 members (excludes halogenated alkanes) is 1. The predicted octanol–water partition coefficient (Wildman–Crippen LogP) is 0.324. The van der Waals surface area contributed by atoms with Crippen LogP contribution in [0.4, 0.5) is 11.4 Å². The molecule has 2 aromatic rings. The highest BCUT2D eigenvalue weighted by atomic mass is 28.4. The van der Waals surface area contributed by atoms with E-state index in [9.17, 15) is 49.5 Å². The molecule has 9 atom stereocenters. The van der Waals surface area contributed by atoms with E-state index in [1.165, 1.54) is 29.0 Å². The quantitative estimate of drug-likeness (QED) is 0.0780. The Morgan fingerprint density at radius 2 is 1.72 bits per heavy atom. The Labute approximate surface area is 314 Å². The second kappa shape index (κ2) is 16.9. The topological polar surface area (TPSA) is 236 Å². The summed E-state index contributed by atoms with van der Waals surface area (Å²) in [7, 11) is -1.90. The summed E-state index contributed by atoms with van der Waals surface area (Å²) in [4.78, 5) is 68.6. The van der Waals surface area contributed by atoms with E-state index in [1.54, 1.807) is 26.1 Å². The number of carbonyl (C=O) groups excluding carboxylic acids is 4. The summed E-state index contributed by atoms with van der Waals surface area (Å²) >= 11 is 0. The van der Waals surface area contributed by atoms with Crippen molar-refractivity contribution in [1.82, 2.24) is 4.90 Å². The minimum absolute atomic E-state index is 0.0579. The summed E-state index contributed by atoms with van der Waals surface area (Å²) in [5.74, 6) is -2.78. The number of rotatable bonds is 14. The Hall–Kier alpha value is -3.78. The van der Waals surface area contributed by atoms with Gasteiger partial charge in [-0.1, -0.05) is 37.3 Å². The van der Waals surface area contributed by atoms with Gasteiger partial charge in [-0.15, -0.1) is 0 Å². The fourth-order valence-electron chi connectivity index (χ4n) is 8.03. The maximum atomic E-state index is 14.8. The molecule has 2 aromatic carbocycles. The van der Waals surface area contributed by atoms with E-state index in [-0.39, 0.29) is 56.6 Å². The van der Waals surface area contributed by atoms with E-state index in [4.69, 9.17) is 14.2 Å². The van der Waals surface area contributed by atoms with Gasteiger partial charge in [0, 0.05) is 48.8 Å². The molecule has 16 nitrogen and oxygen atoms in total. The van der Waals surface area contributed by atoms with Crippen LogP contribution in [0.5, 0.6) is 0 Å². The molecule has 3 amide bonds. The number of anilines is 2. The zero-order chi connectivity index (χ0) is 39.5. The average Bonchev–Trinajstić information content (AvgIpc) is 3.56. The summed E-state index contributed by atoms with van der Waals surface area (Å²) in [6.45, 7) is 5.45. The number of methoxy groups -OCH3 is 1. The van der Waals surface area contributed by atoms with Crippen LogP contribution in [0.2, 0.25) is 18.6 Å². The molecule has 0 radical (unpaired) electrons. The first kappa shape index (κ1) is 41.4. The van der Waals surface area contributed by atoms with Gasteiger partial charge in [0.1, 0.15) is 18.3 Å². The Bertz CT molecular complexity index is 1680. The van der Waals surface area contributed by atoms with Gasteiger partial charge in [0.2, 0.25) is 5.91 Å². The number of ether oxygens (including phenoxy) is 3. The molecule has 0 bridgehead atoms. The lowest BCUT2D eigenvalue weighted by Crippen LogP contribution is -2.60. The predicted molar refractivity (Wildman–Crippen MR) is 195 cm³/mol. The van der Waals surface area contributed by atoms with Crippen molar-refractivity contribution in [3.05, 3.63) is 59.7 Å². The Morgan fingerprint density at radius 1 is 1.02 bits per heavy atom. The lowest BCUT2D eigenvalue weighted by molar-refractivity contribution is -0.274.